The lowest BCUT2D eigenvalue weighted by atomic mass is 10.2. The van der Waals surface area contributed by atoms with E-state index < -0.39 is 29.1 Å². The van der Waals surface area contributed by atoms with Crippen molar-refractivity contribution in [3.05, 3.63) is 66.9 Å². The summed E-state index contributed by atoms with van der Waals surface area (Å²) in [5.41, 5.74) is -3.36. The predicted molar refractivity (Wildman–Crippen MR) is 99.7 cm³/mol. The Morgan fingerprint density at radius 3 is 2.55 bits per heavy atom. The van der Waals surface area contributed by atoms with Crippen LogP contribution in [0.5, 0.6) is 0 Å². The first-order valence-corrected chi connectivity index (χ1v) is 9.04. The van der Waals surface area contributed by atoms with Gasteiger partial charge in [-0.2, -0.15) is 13.2 Å². The smallest absolute Gasteiger partial charge is 0.431 e. The number of benzene rings is 1. The van der Waals surface area contributed by atoms with Gasteiger partial charge in [0.15, 0.2) is 5.69 Å². The van der Waals surface area contributed by atoms with Gasteiger partial charge in [-0.05, 0) is 18.2 Å². The molecule has 2 aromatic heterocycles. The summed E-state index contributed by atoms with van der Waals surface area (Å²) in [6.45, 7) is 0. The topological polar surface area (TPSA) is 83.2 Å². The molecule has 0 aliphatic heterocycles. The zero-order chi connectivity index (χ0) is 21.5. The molecule has 3 rings (SSSR count). The lowest BCUT2D eigenvalue weighted by Gasteiger charge is -2.14. The van der Waals surface area contributed by atoms with E-state index in [2.05, 4.69) is 9.72 Å². The molecule has 0 amide bonds. The van der Waals surface area contributed by atoms with E-state index in [9.17, 15) is 27.6 Å². The van der Waals surface area contributed by atoms with E-state index in [0.717, 1.165) is 18.4 Å². The second-order valence-corrected chi connectivity index (χ2v) is 7.00. The molecule has 0 spiro atoms. The third kappa shape index (κ3) is 3.83. The summed E-state index contributed by atoms with van der Waals surface area (Å²) < 4.78 is 44.5. The van der Waals surface area contributed by atoms with Gasteiger partial charge in [-0.15, -0.1) is 11.3 Å². The number of rotatable bonds is 3. The molecule has 3 aromatic rings. The van der Waals surface area contributed by atoms with Crippen LogP contribution in [0.15, 0.2) is 39.2 Å². The largest absolute Gasteiger partial charge is 0.464 e. The highest BCUT2D eigenvalue weighted by molar-refractivity contribution is 7.13. The Hall–Kier alpha value is -2.92. The quantitative estimate of drug-likeness (QED) is 0.578. The number of hydrogen-bond acceptors (Lipinski definition) is 6. The summed E-state index contributed by atoms with van der Waals surface area (Å²) in [5, 5.41) is 1.94. The highest BCUT2D eigenvalue weighted by Crippen LogP contribution is 2.32. The fourth-order valence-corrected chi connectivity index (χ4v) is 3.63. The molecule has 2 heterocycles. The highest BCUT2D eigenvalue weighted by atomic mass is 35.5. The van der Waals surface area contributed by atoms with Gasteiger partial charge in [-0.1, -0.05) is 11.6 Å². The zero-order valence-electron chi connectivity index (χ0n) is 14.8. The van der Waals surface area contributed by atoms with Crippen LogP contribution in [0.3, 0.4) is 0 Å². The number of hydrogen-bond donors (Lipinski definition) is 0. The average molecular weight is 446 g/mol. The number of thiazole rings is 1. The monoisotopic (exact) mass is 445 g/mol. The normalized spacial score (nSPS) is 11.5. The van der Waals surface area contributed by atoms with Gasteiger partial charge in [0.05, 0.1) is 17.8 Å². The van der Waals surface area contributed by atoms with E-state index in [1.807, 2.05) is 0 Å². The van der Waals surface area contributed by atoms with Crippen LogP contribution in [-0.2, 0) is 18.0 Å². The zero-order valence-corrected chi connectivity index (χ0v) is 16.4. The highest BCUT2D eigenvalue weighted by Gasteiger charge is 2.35. The maximum Gasteiger partial charge on any atom is 0.431 e. The first-order valence-electron chi connectivity index (χ1n) is 7.79. The summed E-state index contributed by atoms with van der Waals surface area (Å²) in [7, 11) is 2.11. The minimum absolute atomic E-state index is 0.00135. The van der Waals surface area contributed by atoms with Crippen molar-refractivity contribution in [2.75, 3.05) is 7.11 Å². The Morgan fingerprint density at radius 1 is 1.24 bits per heavy atom. The number of aromatic nitrogens is 3. The average Bonchev–Trinajstić information content (AvgIpc) is 3.14. The third-order valence-electron chi connectivity index (χ3n) is 3.95. The molecule has 0 fully saturated rings. The van der Waals surface area contributed by atoms with E-state index in [1.54, 1.807) is 0 Å². The van der Waals surface area contributed by atoms with Crippen molar-refractivity contribution < 1.29 is 22.7 Å². The van der Waals surface area contributed by atoms with Crippen molar-refractivity contribution in [2.45, 2.75) is 6.18 Å². The van der Waals surface area contributed by atoms with Crippen LogP contribution in [0.2, 0.25) is 5.02 Å². The van der Waals surface area contributed by atoms with Crippen molar-refractivity contribution in [3.63, 3.8) is 0 Å². The first-order chi connectivity index (χ1) is 13.5. The predicted octanol–water partition coefficient (Wildman–Crippen LogP) is 3.12. The Balaban J connectivity index is 2.18. The fourth-order valence-electron chi connectivity index (χ4n) is 2.55. The molecular formula is C17H11ClF3N3O4S. The molecular weight excluding hydrogens is 435 g/mol. The van der Waals surface area contributed by atoms with Crippen molar-refractivity contribution in [2.24, 2.45) is 7.05 Å². The SMILES string of the molecule is COC(=O)c1csc(-c2cc(-n3c(=O)cc(C(F)(F)F)n(C)c3=O)ccc2Cl)n1. The van der Waals surface area contributed by atoms with E-state index in [1.165, 1.54) is 30.7 Å². The molecule has 0 saturated heterocycles. The molecule has 29 heavy (non-hydrogen) atoms. The molecule has 0 atom stereocenters. The van der Waals surface area contributed by atoms with Gasteiger partial charge < -0.3 is 4.74 Å². The first kappa shape index (κ1) is 20.8. The molecule has 0 bridgehead atoms. The van der Waals surface area contributed by atoms with Crippen molar-refractivity contribution in [1.82, 2.24) is 14.1 Å². The molecule has 0 aliphatic carbocycles. The molecule has 0 saturated carbocycles. The van der Waals surface area contributed by atoms with Gasteiger partial charge in [0.1, 0.15) is 10.7 Å². The molecule has 0 aliphatic rings. The van der Waals surface area contributed by atoms with Gasteiger partial charge in [-0.3, -0.25) is 9.36 Å². The van der Waals surface area contributed by atoms with Crippen LogP contribution in [0.25, 0.3) is 16.3 Å². The number of carbonyl (C=O) groups is 1. The van der Waals surface area contributed by atoms with Crippen LogP contribution in [0.1, 0.15) is 16.2 Å². The number of halogens is 4. The van der Waals surface area contributed by atoms with Crippen LogP contribution < -0.4 is 11.2 Å². The minimum Gasteiger partial charge on any atom is -0.464 e. The molecule has 1 aromatic carbocycles. The summed E-state index contributed by atoms with van der Waals surface area (Å²) >= 11 is 7.23. The molecule has 7 nitrogen and oxygen atoms in total. The van der Waals surface area contributed by atoms with E-state index in [0.29, 0.717) is 20.2 Å². The number of nitrogens with zero attached hydrogens (tertiary/aromatic N) is 3. The maximum absolute atomic E-state index is 13.0. The third-order valence-corrected chi connectivity index (χ3v) is 5.15. The molecule has 0 unspecified atom stereocenters. The van der Waals surface area contributed by atoms with Crippen LogP contribution in [0.4, 0.5) is 13.2 Å². The molecule has 0 radical (unpaired) electrons. The van der Waals surface area contributed by atoms with Crippen LogP contribution in [-0.4, -0.2) is 27.2 Å². The Morgan fingerprint density at radius 2 is 1.93 bits per heavy atom. The van der Waals surface area contributed by atoms with Gasteiger partial charge in [0, 0.05) is 24.1 Å². The fraction of sp³-hybridized carbons (Fsp3) is 0.176. The second kappa shape index (κ2) is 7.48. The standard InChI is InChI=1S/C17H11ClF3N3O4S/c1-23-12(17(19,20)21)6-13(25)24(16(23)27)8-3-4-10(18)9(5-8)14-22-11(7-29-14)15(26)28-2/h3-7H,1-2H3. The number of ether oxygens (including phenoxy) is 1. The lowest BCUT2D eigenvalue weighted by Crippen LogP contribution is -2.40. The molecule has 152 valence electrons. The molecule has 12 heteroatoms. The van der Waals surface area contributed by atoms with Gasteiger partial charge in [0.25, 0.3) is 5.56 Å². The maximum atomic E-state index is 13.0. The summed E-state index contributed by atoms with van der Waals surface area (Å²) in [6.07, 6.45) is -4.86. The number of carbonyl (C=O) groups excluding carboxylic acids is 1. The minimum atomic E-state index is -4.86. The van der Waals surface area contributed by atoms with Crippen molar-refractivity contribution in [3.8, 4) is 16.3 Å². The Bertz CT molecular complexity index is 1230. The number of alkyl halides is 3. The Labute approximate surface area is 169 Å². The van der Waals surface area contributed by atoms with Crippen LogP contribution >= 0.6 is 22.9 Å². The van der Waals surface area contributed by atoms with Gasteiger partial charge in [0.2, 0.25) is 0 Å². The van der Waals surface area contributed by atoms with Crippen molar-refractivity contribution >= 4 is 28.9 Å². The summed E-state index contributed by atoms with van der Waals surface area (Å²) in [4.78, 5) is 40.4. The van der Waals surface area contributed by atoms with Gasteiger partial charge >= 0.3 is 17.8 Å². The van der Waals surface area contributed by atoms with E-state index >= 15 is 0 Å². The van der Waals surface area contributed by atoms with E-state index in [4.69, 9.17) is 11.6 Å². The number of esters is 1. The Kier molecular flexibility index (Phi) is 5.37. The van der Waals surface area contributed by atoms with Crippen molar-refractivity contribution in [1.29, 1.82) is 0 Å². The second-order valence-electron chi connectivity index (χ2n) is 5.74. The molecule has 0 N–H and O–H groups in total. The van der Waals surface area contributed by atoms with Gasteiger partial charge in [-0.25, -0.2) is 19.1 Å². The summed E-state index contributed by atoms with van der Waals surface area (Å²) in [5.74, 6) is -0.660. The summed E-state index contributed by atoms with van der Waals surface area (Å²) in [6, 6.07) is 4.36. The lowest BCUT2D eigenvalue weighted by molar-refractivity contribution is -0.144. The number of methoxy groups -OCH3 is 1. The van der Waals surface area contributed by atoms with Crippen LogP contribution in [0, 0.1) is 0 Å². The van der Waals surface area contributed by atoms with E-state index in [-0.39, 0.29) is 22.0 Å².